The van der Waals surface area contributed by atoms with Gasteiger partial charge in [-0.1, -0.05) is 39.5 Å². The number of rotatable bonds is 7. The highest BCUT2D eigenvalue weighted by molar-refractivity contribution is 7.14. The second-order valence-corrected chi connectivity index (χ2v) is 6.95. The zero-order valence-corrected chi connectivity index (χ0v) is 13.2. The van der Waals surface area contributed by atoms with Gasteiger partial charge < -0.3 is 0 Å². The van der Waals surface area contributed by atoms with E-state index in [9.17, 15) is 4.79 Å². The van der Waals surface area contributed by atoms with Crippen molar-refractivity contribution < 1.29 is 4.79 Å². The second-order valence-electron chi connectivity index (χ2n) is 5.81. The number of aryl methyl sites for hydroxylation is 2. The van der Waals surface area contributed by atoms with Crippen LogP contribution >= 0.6 is 11.3 Å². The summed E-state index contributed by atoms with van der Waals surface area (Å²) >= 11 is 1.77. The predicted octanol–water partition coefficient (Wildman–Crippen LogP) is 5.42. The number of carbonyl (C=O) groups excluding carboxylic acids is 1. The van der Waals surface area contributed by atoms with E-state index in [1.54, 1.807) is 11.3 Å². The SMILES string of the molecule is CCCCC(CC)CC(=O)c1cc2c(s1)CCCC2. The highest BCUT2D eigenvalue weighted by Gasteiger charge is 2.19. The molecule has 2 heteroatoms. The molecule has 0 bridgehead atoms. The summed E-state index contributed by atoms with van der Waals surface area (Å²) in [5, 5.41) is 0. The molecule has 1 aromatic heterocycles. The van der Waals surface area contributed by atoms with Crippen LogP contribution in [-0.4, -0.2) is 5.78 Å². The van der Waals surface area contributed by atoms with Gasteiger partial charge in [-0.15, -0.1) is 11.3 Å². The van der Waals surface area contributed by atoms with E-state index >= 15 is 0 Å². The van der Waals surface area contributed by atoms with Crippen molar-refractivity contribution in [2.75, 3.05) is 0 Å². The van der Waals surface area contributed by atoms with Crippen molar-refractivity contribution in [1.82, 2.24) is 0 Å². The van der Waals surface area contributed by atoms with Crippen molar-refractivity contribution in [2.45, 2.75) is 71.6 Å². The minimum Gasteiger partial charge on any atom is -0.293 e. The summed E-state index contributed by atoms with van der Waals surface area (Å²) in [5.41, 5.74) is 1.46. The Kier molecular flexibility index (Phi) is 5.62. The summed E-state index contributed by atoms with van der Waals surface area (Å²) < 4.78 is 0. The van der Waals surface area contributed by atoms with Gasteiger partial charge in [0.1, 0.15) is 0 Å². The average Bonchev–Trinajstić information content (AvgIpc) is 2.87. The molecule has 1 unspecified atom stereocenters. The highest BCUT2D eigenvalue weighted by Crippen LogP contribution is 2.31. The maximum absolute atomic E-state index is 12.4. The van der Waals surface area contributed by atoms with Crippen LogP contribution in [0.15, 0.2) is 6.07 Å². The molecule has 0 fully saturated rings. The van der Waals surface area contributed by atoms with Crippen molar-refractivity contribution in [3.8, 4) is 0 Å². The number of hydrogen-bond donors (Lipinski definition) is 0. The molecule has 1 atom stereocenters. The second kappa shape index (κ2) is 7.23. The number of thiophene rings is 1. The van der Waals surface area contributed by atoms with E-state index in [1.165, 1.54) is 55.4 Å². The van der Waals surface area contributed by atoms with Gasteiger partial charge in [0.25, 0.3) is 0 Å². The van der Waals surface area contributed by atoms with Crippen LogP contribution in [0.3, 0.4) is 0 Å². The predicted molar refractivity (Wildman–Crippen MR) is 83.2 cm³/mol. The monoisotopic (exact) mass is 278 g/mol. The molecule has 0 N–H and O–H groups in total. The largest absolute Gasteiger partial charge is 0.293 e. The standard InChI is InChI=1S/C17H26OS/c1-3-5-8-13(4-2)11-15(18)17-12-14-9-6-7-10-16(14)19-17/h12-13H,3-11H2,1-2H3. The van der Waals surface area contributed by atoms with Gasteiger partial charge in [-0.2, -0.15) is 0 Å². The Labute approximate surface area is 121 Å². The van der Waals surface area contributed by atoms with Gasteiger partial charge in [0.15, 0.2) is 5.78 Å². The number of carbonyl (C=O) groups is 1. The fourth-order valence-corrected chi connectivity index (χ4v) is 4.14. The van der Waals surface area contributed by atoms with Crippen LogP contribution in [0.4, 0.5) is 0 Å². The molecule has 106 valence electrons. The zero-order chi connectivity index (χ0) is 13.7. The van der Waals surface area contributed by atoms with Crippen molar-refractivity contribution in [2.24, 2.45) is 5.92 Å². The van der Waals surface area contributed by atoms with Gasteiger partial charge in [-0.3, -0.25) is 4.79 Å². The summed E-state index contributed by atoms with van der Waals surface area (Å²) in [6, 6.07) is 2.19. The fourth-order valence-electron chi connectivity index (χ4n) is 2.93. The fraction of sp³-hybridized carbons (Fsp3) is 0.706. The smallest absolute Gasteiger partial charge is 0.173 e. The van der Waals surface area contributed by atoms with Crippen molar-refractivity contribution in [1.29, 1.82) is 0 Å². The molecule has 0 amide bonds. The van der Waals surface area contributed by atoms with Crippen LogP contribution in [0, 0.1) is 5.92 Å². The lowest BCUT2D eigenvalue weighted by Gasteiger charge is -2.12. The molecule has 1 aliphatic rings. The van der Waals surface area contributed by atoms with E-state index in [2.05, 4.69) is 19.9 Å². The van der Waals surface area contributed by atoms with Gasteiger partial charge in [0.2, 0.25) is 0 Å². The molecule has 2 rings (SSSR count). The maximum atomic E-state index is 12.4. The molecule has 19 heavy (non-hydrogen) atoms. The molecule has 0 aliphatic heterocycles. The zero-order valence-electron chi connectivity index (χ0n) is 12.3. The molecule has 1 aromatic rings. The minimum atomic E-state index is 0.391. The molecule has 0 aromatic carbocycles. The summed E-state index contributed by atoms with van der Waals surface area (Å²) in [7, 11) is 0. The van der Waals surface area contributed by atoms with E-state index in [4.69, 9.17) is 0 Å². The summed E-state index contributed by atoms with van der Waals surface area (Å²) in [4.78, 5) is 14.9. The lowest BCUT2D eigenvalue weighted by atomic mass is 9.93. The van der Waals surface area contributed by atoms with Crippen LogP contribution in [0.25, 0.3) is 0 Å². The van der Waals surface area contributed by atoms with E-state index in [0.717, 1.165) is 17.7 Å². The molecule has 0 spiro atoms. The van der Waals surface area contributed by atoms with Crippen LogP contribution in [-0.2, 0) is 12.8 Å². The summed E-state index contributed by atoms with van der Waals surface area (Å²) in [5.74, 6) is 0.980. The Morgan fingerprint density at radius 2 is 2.11 bits per heavy atom. The quantitative estimate of drug-likeness (QED) is 0.609. The summed E-state index contributed by atoms with van der Waals surface area (Å²) in [6.45, 7) is 4.44. The van der Waals surface area contributed by atoms with Crippen molar-refractivity contribution in [3.63, 3.8) is 0 Å². The first-order valence-electron chi connectivity index (χ1n) is 7.89. The molecule has 1 heterocycles. The van der Waals surface area contributed by atoms with Crippen molar-refractivity contribution >= 4 is 17.1 Å². The third-order valence-corrected chi connectivity index (χ3v) is 5.57. The normalized spacial score (nSPS) is 16.1. The van der Waals surface area contributed by atoms with Gasteiger partial charge >= 0.3 is 0 Å². The molecule has 1 nitrogen and oxygen atoms in total. The topological polar surface area (TPSA) is 17.1 Å². The van der Waals surface area contributed by atoms with E-state index in [0.29, 0.717) is 11.7 Å². The molecule has 0 saturated carbocycles. The Morgan fingerprint density at radius 3 is 2.79 bits per heavy atom. The van der Waals surface area contributed by atoms with E-state index in [-0.39, 0.29) is 0 Å². The highest BCUT2D eigenvalue weighted by atomic mass is 32.1. The molecular weight excluding hydrogens is 252 g/mol. The maximum Gasteiger partial charge on any atom is 0.173 e. The van der Waals surface area contributed by atoms with E-state index in [1.807, 2.05) is 0 Å². The number of unbranched alkanes of at least 4 members (excludes halogenated alkanes) is 1. The number of fused-ring (bicyclic) bond motifs is 1. The van der Waals surface area contributed by atoms with Gasteiger partial charge in [-0.05, 0) is 43.2 Å². The first-order chi connectivity index (χ1) is 9.24. The van der Waals surface area contributed by atoms with Crippen LogP contribution in [0.1, 0.15) is 78.9 Å². The lowest BCUT2D eigenvalue weighted by Crippen LogP contribution is -2.07. The first kappa shape index (κ1) is 14.8. The Balaban J connectivity index is 1.96. The van der Waals surface area contributed by atoms with E-state index < -0.39 is 0 Å². The minimum absolute atomic E-state index is 0.391. The Hall–Kier alpha value is -0.630. The van der Waals surface area contributed by atoms with Crippen LogP contribution in [0.2, 0.25) is 0 Å². The van der Waals surface area contributed by atoms with Crippen LogP contribution < -0.4 is 0 Å². The number of ketones is 1. The van der Waals surface area contributed by atoms with Gasteiger partial charge in [0.05, 0.1) is 4.88 Å². The Morgan fingerprint density at radius 1 is 1.32 bits per heavy atom. The molecular formula is C17H26OS. The van der Waals surface area contributed by atoms with Gasteiger partial charge in [-0.25, -0.2) is 0 Å². The lowest BCUT2D eigenvalue weighted by molar-refractivity contribution is 0.0961. The Bertz CT molecular complexity index is 395. The summed E-state index contributed by atoms with van der Waals surface area (Å²) in [6.07, 6.45) is 10.6. The molecule has 0 saturated heterocycles. The third kappa shape index (κ3) is 3.92. The average molecular weight is 278 g/mol. The first-order valence-corrected chi connectivity index (χ1v) is 8.71. The molecule has 1 aliphatic carbocycles. The van der Waals surface area contributed by atoms with Gasteiger partial charge in [0, 0.05) is 11.3 Å². The van der Waals surface area contributed by atoms with Crippen molar-refractivity contribution in [3.05, 3.63) is 21.4 Å². The molecule has 0 radical (unpaired) electrons. The number of Topliss-reactive ketones (excluding diaryl/α,β-unsaturated/α-hetero) is 1. The third-order valence-electron chi connectivity index (χ3n) is 4.29. The number of hydrogen-bond acceptors (Lipinski definition) is 2. The van der Waals surface area contributed by atoms with Crippen LogP contribution in [0.5, 0.6) is 0 Å².